The highest BCUT2D eigenvalue weighted by Crippen LogP contribution is 2.36. The molecule has 0 amide bonds. The third kappa shape index (κ3) is 3.53. The molecular formula is C16H23BrN2O. The smallest absolute Gasteiger partial charge is 0.119 e. The van der Waals surface area contributed by atoms with Crippen molar-refractivity contribution in [2.45, 2.75) is 25.2 Å². The van der Waals surface area contributed by atoms with E-state index in [0.29, 0.717) is 6.61 Å². The molecular weight excluding hydrogens is 316 g/mol. The normalized spacial score (nSPS) is 19.5. The zero-order valence-electron chi connectivity index (χ0n) is 12.5. The van der Waals surface area contributed by atoms with E-state index in [1.54, 1.807) is 0 Å². The molecule has 1 aromatic rings. The van der Waals surface area contributed by atoms with Crippen LogP contribution in [-0.2, 0) is 5.41 Å². The van der Waals surface area contributed by atoms with Gasteiger partial charge >= 0.3 is 0 Å². The van der Waals surface area contributed by atoms with Crippen LogP contribution in [0.1, 0.15) is 25.3 Å². The third-order valence-corrected chi connectivity index (χ3v) is 4.22. The zero-order chi connectivity index (χ0) is 13.9. The summed E-state index contributed by atoms with van der Waals surface area (Å²) in [6.07, 6.45) is 1.87. The van der Waals surface area contributed by atoms with Crippen molar-refractivity contribution in [3.05, 3.63) is 29.8 Å². The Balaban J connectivity index is 0.00000200. The minimum atomic E-state index is -0.307. The predicted molar refractivity (Wildman–Crippen MR) is 76.0 cm³/mol. The van der Waals surface area contributed by atoms with Gasteiger partial charge in [-0.1, -0.05) is 12.1 Å². The molecule has 0 aromatic heterocycles. The average Bonchev–Trinajstić information content (AvgIpc) is 2.41. The third-order valence-electron chi connectivity index (χ3n) is 4.22. The van der Waals surface area contributed by atoms with Gasteiger partial charge in [-0.2, -0.15) is 5.26 Å². The molecule has 0 aliphatic carbocycles. The molecule has 110 valence electrons. The standard InChI is InChI=1S/C16H23N2O.BrH/c1-4-19-15-7-5-14(6-8-15)16(13-17)9-11-18(2,3)12-10-16;/h5-8H,4,9-12H2,1-3H3;1H/q+1;/p-1. The van der Waals surface area contributed by atoms with Crippen molar-refractivity contribution in [2.24, 2.45) is 0 Å². The largest absolute Gasteiger partial charge is 1.00 e. The summed E-state index contributed by atoms with van der Waals surface area (Å²) in [5.74, 6) is 0.881. The summed E-state index contributed by atoms with van der Waals surface area (Å²) < 4.78 is 6.48. The minimum absolute atomic E-state index is 0. The van der Waals surface area contributed by atoms with Crippen molar-refractivity contribution >= 4 is 0 Å². The van der Waals surface area contributed by atoms with Crippen molar-refractivity contribution in [1.82, 2.24) is 0 Å². The summed E-state index contributed by atoms with van der Waals surface area (Å²) in [5, 5.41) is 9.65. The Morgan fingerprint density at radius 3 is 2.20 bits per heavy atom. The molecule has 0 bridgehead atoms. The Kier molecular flexibility index (Phi) is 5.61. The molecule has 1 aliphatic rings. The van der Waals surface area contributed by atoms with E-state index in [0.717, 1.165) is 41.7 Å². The lowest BCUT2D eigenvalue weighted by atomic mass is 9.73. The van der Waals surface area contributed by atoms with Crippen LogP contribution in [-0.4, -0.2) is 38.3 Å². The fourth-order valence-electron chi connectivity index (χ4n) is 2.73. The van der Waals surface area contributed by atoms with Crippen LogP contribution in [0.5, 0.6) is 5.75 Å². The Hall–Kier alpha value is -1.05. The number of ether oxygens (including phenoxy) is 1. The first-order valence-corrected chi connectivity index (χ1v) is 6.98. The van der Waals surface area contributed by atoms with Gasteiger partial charge in [0.2, 0.25) is 0 Å². The van der Waals surface area contributed by atoms with Gasteiger partial charge in [-0.15, -0.1) is 0 Å². The van der Waals surface area contributed by atoms with Crippen LogP contribution in [0.4, 0.5) is 0 Å². The molecule has 0 saturated carbocycles. The second kappa shape index (κ2) is 6.60. The SMILES string of the molecule is CCOc1ccc(C2(C#N)CC[N+](C)(C)CC2)cc1.[Br-]. The van der Waals surface area contributed by atoms with E-state index in [9.17, 15) is 5.26 Å². The number of halogens is 1. The number of nitrogens with zero attached hydrogens (tertiary/aromatic N) is 2. The van der Waals surface area contributed by atoms with Gasteiger partial charge in [0.1, 0.15) is 5.75 Å². The maximum Gasteiger partial charge on any atom is 0.119 e. The molecule has 0 spiro atoms. The zero-order valence-corrected chi connectivity index (χ0v) is 14.1. The van der Waals surface area contributed by atoms with Crippen molar-refractivity contribution < 1.29 is 26.2 Å². The lowest BCUT2D eigenvalue weighted by molar-refractivity contribution is -0.896. The fraction of sp³-hybridized carbons (Fsp3) is 0.562. The van der Waals surface area contributed by atoms with Crippen LogP contribution in [0, 0.1) is 11.3 Å². The molecule has 1 saturated heterocycles. The highest BCUT2D eigenvalue weighted by atomic mass is 79.9. The van der Waals surface area contributed by atoms with Crippen molar-refractivity contribution in [2.75, 3.05) is 33.8 Å². The number of quaternary nitrogens is 1. The molecule has 1 aromatic carbocycles. The highest BCUT2D eigenvalue weighted by Gasteiger charge is 2.40. The van der Waals surface area contributed by atoms with Crippen molar-refractivity contribution in [1.29, 1.82) is 5.26 Å². The first-order chi connectivity index (χ1) is 9.01. The molecule has 0 unspecified atom stereocenters. The summed E-state index contributed by atoms with van der Waals surface area (Å²) in [4.78, 5) is 0. The van der Waals surface area contributed by atoms with E-state index >= 15 is 0 Å². The van der Waals surface area contributed by atoms with Gasteiger partial charge in [-0.3, -0.25) is 0 Å². The quantitative estimate of drug-likeness (QED) is 0.710. The summed E-state index contributed by atoms with van der Waals surface area (Å²) in [5.41, 5.74) is 0.830. The molecule has 0 atom stereocenters. The van der Waals surface area contributed by atoms with Crippen LogP contribution in [0.15, 0.2) is 24.3 Å². The maximum atomic E-state index is 9.65. The van der Waals surface area contributed by atoms with Gasteiger partial charge in [0.05, 0.1) is 45.3 Å². The summed E-state index contributed by atoms with van der Waals surface area (Å²) >= 11 is 0. The Labute approximate surface area is 132 Å². The number of nitriles is 1. The summed E-state index contributed by atoms with van der Waals surface area (Å²) in [6.45, 7) is 4.77. The van der Waals surface area contributed by atoms with E-state index < -0.39 is 0 Å². The van der Waals surface area contributed by atoms with Crippen LogP contribution in [0.2, 0.25) is 0 Å². The van der Waals surface area contributed by atoms with Crippen LogP contribution in [0.25, 0.3) is 0 Å². The molecule has 2 rings (SSSR count). The lowest BCUT2D eigenvalue weighted by Crippen LogP contribution is -3.00. The molecule has 3 nitrogen and oxygen atoms in total. The minimum Gasteiger partial charge on any atom is -1.00 e. The number of benzene rings is 1. The number of piperidine rings is 1. The number of hydrogen-bond donors (Lipinski definition) is 0. The predicted octanol–water partition coefficient (Wildman–Crippen LogP) is -0.279. The van der Waals surface area contributed by atoms with Gasteiger partial charge in [-0.05, 0) is 24.6 Å². The van der Waals surface area contributed by atoms with Gasteiger partial charge in [0.15, 0.2) is 0 Å². The molecule has 1 fully saturated rings. The molecule has 1 aliphatic heterocycles. The molecule has 0 radical (unpaired) electrons. The van der Waals surface area contributed by atoms with E-state index in [2.05, 4.69) is 32.3 Å². The van der Waals surface area contributed by atoms with Crippen molar-refractivity contribution in [3.8, 4) is 11.8 Å². The lowest BCUT2D eigenvalue weighted by Gasteiger charge is -2.41. The summed E-state index contributed by atoms with van der Waals surface area (Å²) in [7, 11) is 4.47. The first kappa shape index (κ1) is 17.0. The summed E-state index contributed by atoms with van der Waals surface area (Å²) in [6, 6.07) is 10.6. The van der Waals surface area contributed by atoms with Crippen molar-refractivity contribution in [3.63, 3.8) is 0 Å². The Bertz CT molecular complexity index is 466. The van der Waals surface area contributed by atoms with Crippen LogP contribution >= 0.6 is 0 Å². The van der Waals surface area contributed by atoms with E-state index in [1.165, 1.54) is 0 Å². The van der Waals surface area contributed by atoms with E-state index in [1.807, 2.05) is 19.1 Å². The number of hydrogen-bond acceptors (Lipinski definition) is 2. The van der Waals surface area contributed by atoms with Gasteiger partial charge < -0.3 is 26.2 Å². The van der Waals surface area contributed by atoms with E-state index in [4.69, 9.17) is 4.74 Å². The van der Waals surface area contributed by atoms with Gasteiger partial charge in [0.25, 0.3) is 0 Å². The Morgan fingerprint density at radius 2 is 1.75 bits per heavy atom. The van der Waals surface area contributed by atoms with Gasteiger partial charge in [-0.25, -0.2) is 0 Å². The first-order valence-electron chi connectivity index (χ1n) is 6.98. The Morgan fingerprint density at radius 1 is 1.20 bits per heavy atom. The molecule has 0 N–H and O–H groups in total. The van der Waals surface area contributed by atoms with E-state index in [-0.39, 0.29) is 22.4 Å². The average molecular weight is 339 g/mol. The monoisotopic (exact) mass is 338 g/mol. The van der Waals surface area contributed by atoms with Crippen LogP contribution < -0.4 is 21.7 Å². The molecule has 1 heterocycles. The molecule has 20 heavy (non-hydrogen) atoms. The second-order valence-electron chi connectivity index (χ2n) is 6.03. The van der Waals surface area contributed by atoms with Crippen LogP contribution in [0.3, 0.4) is 0 Å². The number of rotatable bonds is 3. The van der Waals surface area contributed by atoms with Gasteiger partial charge in [0, 0.05) is 12.8 Å². The fourth-order valence-corrected chi connectivity index (χ4v) is 2.73. The topological polar surface area (TPSA) is 33.0 Å². The second-order valence-corrected chi connectivity index (χ2v) is 6.03. The maximum absolute atomic E-state index is 9.65. The number of likely N-dealkylation sites (tertiary alicyclic amines) is 1. The highest BCUT2D eigenvalue weighted by molar-refractivity contribution is 5.37. The molecule has 4 heteroatoms.